The predicted molar refractivity (Wildman–Crippen MR) is 129 cm³/mol. The average molecular weight is 467 g/mol. The molecular formula is C26H30N2O4S. The molecule has 2 aromatic rings. The van der Waals surface area contributed by atoms with E-state index in [-0.39, 0.29) is 29.5 Å². The summed E-state index contributed by atoms with van der Waals surface area (Å²) >= 11 is 0. The topological polar surface area (TPSA) is 74.8 Å². The van der Waals surface area contributed by atoms with E-state index in [9.17, 15) is 18.0 Å². The van der Waals surface area contributed by atoms with Crippen LogP contribution in [0.25, 0.3) is 11.1 Å². The van der Waals surface area contributed by atoms with Gasteiger partial charge in [-0.05, 0) is 73.9 Å². The van der Waals surface area contributed by atoms with Crippen LogP contribution in [0.2, 0.25) is 0 Å². The molecule has 33 heavy (non-hydrogen) atoms. The summed E-state index contributed by atoms with van der Waals surface area (Å²) in [6, 6.07) is 12.7. The molecule has 2 aliphatic carbocycles. The number of carbonyl (C=O) groups excluding carboxylic acids is 2. The molecule has 0 bridgehead atoms. The molecule has 0 radical (unpaired) electrons. The summed E-state index contributed by atoms with van der Waals surface area (Å²) in [6.07, 6.45) is 4.93. The maximum absolute atomic E-state index is 13.2. The summed E-state index contributed by atoms with van der Waals surface area (Å²) in [4.78, 5) is 29.6. The van der Waals surface area contributed by atoms with Crippen molar-refractivity contribution in [2.24, 2.45) is 11.8 Å². The highest BCUT2D eigenvalue weighted by Gasteiger charge is 2.38. The first kappa shape index (κ1) is 22.1. The zero-order valence-corrected chi connectivity index (χ0v) is 20.0. The molecule has 2 fully saturated rings. The highest BCUT2D eigenvalue weighted by molar-refractivity contribution is 7.91. The number of hydrogen-bond acceptors (Lipinski definition) is 4. The second kappa shape index (κ2) is 8.28. The Morgan fingerprint density at radius 2 is 1.61 bits per heavy atom. The van der Waals surface area contributed by atoms with Gasteiger partial charge in [-0.15, -0.1) is 0 Å². The molecule has 0 unspecified atom stereocenters. The van der Waals surface area contributed by atoms with E-state index in [4.69, 9.17) is 0 Å². The average Bonchev–Trinajstić information content (AvgIpc) is 3.54. The number of anilines is 2. The van der Waals surface area contributed by atoms with Crippen LogP contribution in [0.1, 0.15) is 46.0 Å². The van der Waals surface area contributed by atoms with Gasteiger partial charge in [-0.1, -0.05) is 24.6 Å². The van der Waals surface area contributed by atoms with Crippen molar-refractivity contribution in [3.63, 3.8) is 0 Å². The molecular weight excluding hydrogens is 436 g/mol. The van der Waals surface area contributed by atoms with Gasteiger partial charge in [-0.25, -0.2) is 8.42 Å². The van der Waals surface area contributed by atoms with Gasteiger partial charge in [0.25, 0.3) is 0 Å². The first-order valence-electron chi connectivity index (χ1n) is 11.8. The van der Waals surface area contributed by atoms with Crippen LogP contribution in [0.15, 0.2) is 47.4 Å². The molecule has 5 rings (SSSR count). The maximum atomic E-state index is 13.2. The number of nitrogens with zero attached hydrogens (tertiary/aromatic N) is 2. The largest absolute Gasteiger partial charge is 0.308 e. The van der Waals surface area contributed by atoms with Crippen LogP contribution in [0.5, 0.6) is 0 Å². The number of amides is 2. The highest BCUT2D eigenvalue weighted by Crippen LogP contribution is 2.41. The van der Waals surface area contributed by atoms with Gasteiger partial charge in [-0.3, -0.25) is 9.59 Å². The maximum Gasteiger partial charge on any atom is 0.230 e. The van der Waals surface area contributed by atoms with Crippen LogP contribution < -0.4 is 9.80 Å². The van der Waals surface area contributed by atoms with Crippen molar-refractivity contribution in [3.8, 4) is 11.1 Å². The number of fused-ring (bicyclic) bond motifs is 1. The van der Waals surface area contributed by atoms with E-state index in [1.54, 1.807) is 24.0 Å². The van der Waals surface area contributed by atoms with Crippen molar-refractivity contribution >= 4 is 33.0 Å². The van der Waals surface area contributed by atoms with E-state index >= 15 is 0 Å². The smallest absolute Gasteiger partial charge is 0.230 e. The molecule has 2 saturated carbocycles. The van der Waals surface area contributed by atoms with E-state index < -0.39 is 9.84 Å². The SMILES string of the molecule is CC(=O)N1c2ccc(-c3ccc(S(=O)(=O)CC4CC4)cc3)cc2N(C(=O)C2CCC2)C[C@@H]1C. The quantitative estimate of drug-likeness (QED) is 0.654. The summed E-state index contributed by atoms with van der Waals surface area (Å²) < 4.78 is 25.2. The van der Waals surface area contributed by atoms with Crippen molar-refractivity contribution in [1.82, 2.24) is 0 Å². The molecule has 174 valence electrons. The predicted octanol–water partition coefficient (Wildman–Crippen LogP) is 4.43. The van der Waals surface area contributed by atoms with Crippen molar-refractivity contribution in [2.45, 2.75) is 56.9 Å². The van der Waals surface area contributed by atoms with Gasteiger partial charge in [-0.2, -0.15) is 0 Å². The molecule has 7 heteroatoms. The second-order valence-electron chi connectivity index (χ2n) is 9.77. The van der Waals surface area contributed by atoms with Gasteiger partial charge in [0, 0.05) is 19.4 Å². The minimum absolute atomic E-state index is 0.0440. The monoisotopic (exact) mass is 466 g/mol. The lowest BCUT2D eigenvalue weighted by Crippen LogP contribution is -2.53. The first-order chi connectivity index (χ1) is 15.7. The van der Waals surface area contributed by atoms with Crippen LogP contribution >= 0.6 is 0 Å². The fraction of sp³-hybridized carbons (Fsp3) is 0.462. The number of sulfone groups is 1. The van der Waals surface area contributed by atoms with E-state index in [0.717, 1.165) is 54.6 Å². The fourth-order valence-corrected chi connectivity index (χ4v) is 6.61. The minimum atomic E-state index is -3.26. The Morgan fingerprint density at radius 3 is 2.18 bits per heavy atom. The molecule has 2 amide bonds. The lowest BCUT2D eigenvalue weighted by molar-refractivity contribution is -0.125. The Kier molecular flexibility index (Phi) is 5.55. The number of rotatable bonds is 5. The van der Waals surface area contributed by atoms with Gasteiger partial charge in [0.05, 0.1) is 28.1 Å². The van der Waals surface area contributed by atoms with Gasteiger partial charge in [0.1, 0.15) is 0 Å². The second-order valence-corrected chi connectivity index (χ2v) is 11.8. The third kappa shape index (κ3) is 4.19. The van der Waals surface area contributed by atoms with Gasteiger partial charge >= 0.3 is 0 Å². The van der Waals surface area contributed by atoms with E-state index in [1.807, 2.05) is 42.2 Å². The van der Waals surface area contributed by atoms with Gasteiger partial charge in [0.2, 0.25) is 11.8 Å². The highest BCUT2D eigenvalue weighted by atomic mass is 32.2. The van der Waals surface area contributed by atoms with Crippen molar-refractivity contribution in [2.75, 3.05) is 22.1 Å². The van der Waals surface area contributed by atoms with Crippen molar-refractivity contribution in [3.05, 3.63) is 42.5 Å². The Labute approximate surface area is 195 Å². The number of benzene rings is 2. The Hall–Kier alpha value is -2.67. The fourth-order valence-electron chi connectivity index (χ4n) is 4.91. The number of hydrogen-bond donors (Lipinski definition) is 0. The standard InChI is InChI=1S/C26H30N2O4S/c1-17-15-27(26(30)21-4-3-5-21)25-14-22(10-13-24(25)28(17)18(2)29)20-8-11-23(12-9-20)33(31,32)16-19-6-7-19/h8-14,17,19,21H,3-7,15-16H2,1-2H3/t17-/m0/s1. The molecule has 1 atom stereocenters. The van der Waals surface area contributed by atoms with Crippen LogP contribution in [-0.4, -0.2) is 38.6 Å². The van der Waals surface area contributed by atoms with Gasteiger partial charge in [0.15, 0.2) is 9.84 Å². The van der Waals surface area contributed by atoms with E-state index in [2.05, 4.69) is 0 Å². The zero-order chi connectivity index (χ0) is 23.3. The molecule has 0 aromatic heterocycles. The molecule has 1 heterocycles. The van der Waals surface area contributed by atoms with Crippen LogP contribution in [0, 0.1) is 11.8 Å². The third-order valence-electron chi connectivity index (χ3n) is 7.17. The van der Waals surface area contributed by atoms with E-state index in [0.29, 0.717) is 17.4 Å². The van der Waals surface area contributed by atoms with Crippen molar-refractivity contribution < 1.29 is 18.0 Å². The van der Waals surface area contributed by atoms with Gasteiger partial charge < -0.3 is 9.80 Å². The summed E-state index contributed by atoms with van der Waals surface area (Å²) in [5.41, 5.74) is 3.28. The minimum Gasteiger partial charge on any atom is -0.308 e. The third-order valence-corrected chi connectivity index (χ3v) is 9.07. The molecule has 0 spiro atoms. The molecule has 2 aromatic carbocycles. The van der Waals surface area contributed by atoms with Crippen LogP contribution in [-0.2, 0) is 19.4 Å². The number of carbonyl (C=O) groups is 2. The summed E-state index contributed by atoms with van der Waals surface area (Å²) in [7, 11) is -3.26. The summed E-state index contributed by atoms with van der Waals surface area (Å²) in [5.74, 6) is 0.686. The molecule has 0 saturated heterocycles. The van der Waals surface area contributed by atoms with E-state index in [1.165, 1.54) is 0 Å². The molecule has 3 aliphatic rings. The summed E-state index contributed by atoms with van der Waals surface area (Å²) in [5, 5.41) is 0. The van der Waals surface area contributed by atoms with Crippen LogP contribution in [0.3, 0.4) is 0 Å². The Balaban J connectivity index is 1.50. The normalized spacial score (nSPS) is 20.8. The molecule has 6 nitrogen and oxygen atoms in total. The lowest BCUT2D eigenvalue weighted by Gasteiger charge is -2.43. The van der Waals surface area contributed by atoms with Crippen molar-refractivity contribution in [1.29, 1.82) is 0 Å². The van der Waals surface area contributed by atoms with Crippen LogP contribution in [0.4, 0.5) is 11.4 Å². The Bertz CT molecular complexity index is 1200. The first-order valence-corrected chi connectivity index (χ1v) is 13.5. The lowest BCUT2D eigenvalue weighted by atomic mass is 9.84. The molecule has 1 aliphatic heterocycles. The molecule has 0 N–H and O–H groups in total. The summed E-state index contributed by atoms with van der Waals surface area (Å²) in [6.45, 7) is 4.00. The zero-order valence-electron chi connectivity index (χ0n) is 19.2. The Morgan fingerprint density at radius 1 is 0.939 bits per heavy atom.